The lowest BCUT2D eigenvalue weighted by Gasteiger charge is -2.17. The van der Waals surface area contributed by atoms with E-state index in [9.17, 15) is 45.0 Å². The summed E-state index contributed by atoms with van der Waals surface area (Å²) in [5.41, 5.74) is 9.20. The van der Waals surface area contributed by atoms with Crippen LogP contribution < -0.4 is 28.4 Å². The summed E-state index contributed by atoms with van der Waals surface area (Å²) in [6.07, 6.45) is 17.9. The zero-order valence-electron chi connectivity index (χ0n) is 46.1. The van der Waals surface area contributed by atoms with Crippen molar-refractivity contribution < 1.29 is 73.4 Å². The van der Waals surface area contributed by atoms with E-state index in [1.165, 1.54) is 42.7 Å². The highest BCUT2D eigenvalue weighted by Gasteiger charge is 2.24. The molecule has 0 heterocycles. The zero-order chi connectivity index (χ0) is 58.2. The molecule has 0 atom stereocenters. The van der Waals surface area contributed by atoms with Crippen LogP contribution in [0.5, 0.6) is 69.0 Å². The number of ether oxygens (including phenoxy) is 6. The van der Waals surface area contributed by atoms with E-state index < -0.39 is 0 Å². The fraction of sp³-hybridized carbons (Fsp3) is 0.227. The summed E-state index contributed by atoms with van der Waals surface area (Å²) < 4.78 is 30.8. The summed E-state index contributed by atoms with van der Waals surface area (Å²) in [6.45, 7) is 0. The third-order valence-corrected chi connectivity index (χ3v) is 13.7. The molecule has 3 fully saturated rings. The van der Waals surface area contributed by atoms with E-state index >= 15 is 0 Å². The van der Waals surface area contributed by atoms with Crippen molar-refractivity contribution in [2.24, 2.45) is 0 Å². The Morgan fingerprint density at radius 2 is 0.420 bits per heavy atom. The monoisotopic (exact) mass is 1100 g/mol. The smallest absolute Gasteiger partial charge is 0.185 e. The van der Waals surface area contributed by atoms with Crippen LogP contribution in [0.4, 0.5) is 0 Å². The lowest BCUT2D eigenvalue weighted by molar-refractivity contribution is -0.113. The minimum Gasteiger partial charge on any atom is -0.504 e. The molecule has 0 unspecified atom stereocenters. The summed E-state index contributed by atoms with van der Waals surface area (Å²) in [7, 11) is 8.94. The summed E-state index contributed by atoms with van der Waals surface area (Å²) in [5.74, 6) is 2.69. The van der Waals surface area contributed by atoms with Crippen molar-refractivity contribution in [1.29, 1.82) is 0 Å². The van der Waals surface area contributed by atoms with Gasteiger partial charge in [-0.3, -0.25) is 14.4 Å². The van der Waals surface area contributed by atoms with E-state index in [1.807, 2.05) is 36.5 Å². The van der Waals surface area contributed by atoms with E-state index in [0.29, 0.717) is 73.0 Å². The molecule has 3 aliphatic carbocycles. The predicted molar refractivity (Wildman–Crippen MR) is 312 cm³/mol. The van der Waals surface area contributed by atoms with Gasteiger partial charge in [0.15, 0.2) is 86.3 Å². The van der Waals surface area contributed by atoms with E-state index in [4.69, 9.17) is 28.4 Å². The average molecular weight is 1100 g/mol. The number of hydrogen-bond acceptors (Lipinski definition) is 15. The molecule has 15 heteroatoms. The van der Waals surface area contributed by atoms with Crippen LogP contribution in [0, 0.1) is 0 Å². The molecule has 3 saturated carbocycles. The number of ketones is 3. The molecule has 0 amide bonds. The molecule has 3 aliphatic rings. The molecule has 0 spiro atoms. The highest BCUT2D eigenvalue weighted by molar-refractivity contribution is 6.15. The maximum Gasteiger partial charge on any atom is 0.185 e. The second-order valence-electron chi connectivity index (χ2n) is 19.2. The number of carbonyl (C=O) groups excluding carboxylic acids is 3. The van der Waals surface area contributed by atoms with E-state index in [1.54, 1.807) is 109 Å². The number of carbonyl (C=O) groups is 3. The Hall–Kier alpha value is -9.63. The second kappa shape index (κ2) is 27.8. The first-order chi connectivity index (χ1) is 39.0. The van der Waals surface area contributed by atoms with Crippen LogP contribution in [0.15, 0.2) is 143 Å². The first-order valence-electron chi connectivity index (χ1n) is 26.1. The number of allylic oxidation sites excluding steroid dienone is 6. The van der Waals surface area contributed by atoms with Crippen molar-refractivity contribution in [1.82, 2.24) is 0 Å². The summed E-state index contributed by atoms with van der Waals surface area (Å²) in [6, 6.07) is 30.1. The lowest BCUT2D eigenvalue weighted by atomic mass is 9.87. The fourth-order valence-corrected chi connectivity index (χ4v) is 9.45. The number of phenols is 6. The average Bonchev–Trinajstić information content (AvgIpc) is 3.49. The van der Waals surface area contributed by atoms with Crippen molar-refractivity contribution in [2.75, 3.05) is 42.7 Å². The third kappa shape index (κ3) is 15.4. The zero-order valence-corrected chi connectivity index (χ0v) is 46.1. The lowest BCUT2D eigenvalue weighted by Crippen LogP contribution is -2.12. The number of aromatic hydroxyl groups is 6. The van der Waals surface area contributed by atoms with Crippen molar-refractivity contribution in [3.05, 3.63) is 176 Å². The largest absolute Gasteiger partial charge is 0.504 e. The molecular weight excluding hydrogens is 1030 g/mol. The first-order valence-corrected chi connectivity index (χ1v) is 26.1. The number of Topliss-reactive ketones (excluding diaryl/α,β-unsaturated/α-hetero) is 3. The van der Waals surface area contributed by atoms with Crippen LogP contribution in [-0.4, -0.2) is 90.6 Å². The van der Waals surface area contributed by atoms with Crippen LogP contribution in [-0.2, 0) is 14.4 Å². The standard InChI is InChI=1S/3C22H22O5/c3*1-26-20-12-14(6-8-18(20)23)10-16-4-3-5-17(22(16)25)11-15-7-9-19(24)21(13-15)27-2/h3*6-13,23-24H,3-5H2,1-2H3/b3*16-10+,17-11+. The number of rotatable bonds is 12. The Morgan fingerprint density at radius 3 is 0.556 bits per heavy atom. The molecule has 420 valence electrons. The van der Waals surface area contributed by atoms with Gasteiger partial charge in [-0.25, -0.2) is 0 Å². The molecule has 6 N–H and O–H groups in total. The Kier molecular flexibility index (Phi) is 20.3. The topological polar surface area (TPSA) is 228 Å². The Balaban J connectivity index is 0.000000175. The van der Waals surface area contributed by atoms with Crippen molar-refractivity contribution >= 4 is 53.8 Å². The van der Waals surface area contributed by atoms with Gasteiger partial charge in [-0.1, -0.05) is 36.4 Å². The Bertz CT molecular complexity index is 2920. The van der Waals surface area contributed by atoms with Gasteiger partial charge in [0, 0.05) is 33.4 Å². The van der Waals surface area contributed by atoms with Gasteiger partial charge in [-0.15, -0.1) is 0 Å². The van der Waals surface area contributed by atoms with Crippen LogP contribution in [0.1, 0.15) is 91.2 Å². The van der Waals surface area contributed by atoms with Gasteiger partial charge in [-0.2, -0.15) is 0 Å². The predicted octanol–water partition coefficient (Wildman–Crippen LogP) is 13.0. The Morgan fingerprint density at radius 1 is 0.272 bits per heavy atom. The minimum absolute atomic E-state index is 0.0142. The highest BCUT2D eigenvalue weighted by Crippen LogP contribution is 2.37. The highest BCUT2D eigenvalue weighted by atomic mass is 16.5. The van der Waals surface area contributed by atoms with E-state index in [-0.39, 0.29) is 51.8 Å². The van der Waals surface area contributed by atoms with Crippen molar-refractivity contribution in [3.63, 3.8) is 0 Å². The second-order valence-corrected chi connectivity index (χ2v) is 19.2. The van der Waals surface area contributed by atoms with Crippen molar-refractivity contribution in [2.45, 2.75) is 57.8 Å². The van der Waals surface area contributed by atoms with Crippen LogP contribution in [0.2, 0.25) is 0 Å². The molecule has 0 aromatic heterocycles. The van der Waals surface area contributed by atoms with Crippen molar-refractivity contribution in [3.8, 4) is 69.0 Å². The van der Waals surface area contributed by atoms with Gasteiger partial charge in [0.05, 0.1) is 42.7 Å². The first kappa shape index (κ1) is 59.0. The van der Waals surface area contributed by atoms with Gasteiger partial charge < -0.3 is 59.1 Å². The Labute approximate surface area is 470 Å². The molecule has 0 aliphatic heterocycles. The summed E-state index contributed by atoms with van der Waals surface area (Å²) >= 11 is 0. The minimum atomic E-state index is 0.0142. The third-order valence-electron chi connectivity index (χ3n) is 13.7. The molecule has 6 aromatic rings. The van der Waals surface area contributed by atoms with Gasteiger partial charge in [0.1, 0.15) is 0 Å². The normalized spacial score (nSPS) is 17.3. The van der Waals surface area contributed by atoms with Crippen LogP contribution >= 0.6 is 0 Å². The molecule has 15 nitrogen and oxygen atoms in total. The molecule has 81 heavy (non-hydrogen) atoms. The summed E-state index contributed by atoms with van der Waals surface area (Å²) in [5, 5.41) is 58.3. The van der Waals surface area contributed by atoms with E-state index in [2.05, 4.69) is 0 Å². The van der Waals surface area contributed by atoms with Gasteiger partial charge in [0.25, 0.3) is 0 Å². The molecule has 9 rings (SSSR count). The van der Waals surface area contributed by atoms with Crippen LogP contribution in [0.25, 0.3) is 36.5 Å². The number of methoxy groups -OCH3 is 6. The van der Waals surface area contributed by atoms with Gasteiger partial charge >= 0.3 is 0 Å². The maximum atomic E-state index is 12.9. The van der Waals surface area contributed by atoms with Gasteiger partial charge in [-0.05, 0) is 200 Å². The molecule has 0 saturated heterocycles. The van der Waals surface area contributed by atoms with Gasteiger partial charge in [0.2, 0.25) is 0 Å². The molecule has 6 aromatic carbocycles. The fourth-order valence-electron chi connectivity index (χ4n) is 9.45. The number of hydrogen-bond donors (Lipinski definition) is 6. The molecule has 0 bridgehead atoms. The number of phenolic OH excluding ortho intramolecular Hbond substituents is 6. The van der Waals surface area contributed by atoms with E-state index in [0.717, 1.165) is 86.1 Å². The molecular formula is C66H66O15. The quantitative estimate of drug-likeness (QED) is 0.0626. The molecule has 0 radical (unpaired) electrons. The number of benzene rings is 6. The van der Waals surface area contributed by atoms with Crippen LogP contribution in [0.3, 0.4) is 0 Å². The SMILES string of the molecule is COc1cc(/C=C2\CCC/C(=C\c3ccc(O)c(OC)c3)C2=O)ccc1O.COc1cc(/C=C2\CCC/C(=C\c3ccc(O)c(OC)c3)C2=O)ccc1O.COc1cc(/C=C2\CCC/C(=C\c3ccc(O)c(OC)c3)C2=O)ccc1O. The maximum absolute atomic E-state index is 12.9. The summed E-state index contributed by atoms with van der Waals surface area (Å²) in [4.78, 5) is 38.6.